The van der Waals surface area contributed by atoms with Gasteiger partial charge in [0.05, 0.1) is 6.42 Å². The lowest BCUT2D eigenvalue weighted by Gasteiger charge is -2.08. The third-order valence-electron chi connectivity index (χ3n) is 3.68. The number of aryl methyl sites for hydroxylation is 2. The van der Waals surface area contributed by atoms with Gasteiger partial charge in [-0.1, -0.05) is 13.8 Å². The lowest BCUT2D eigenvalue weighted by molar-refractivity contribution is -0.121. The fourth-order valence-electron chi connectivity index (χ4n) is 2.44. The van der Waals surface area contributed by atoms with Crippen molar-refractivity contribution >= 4 is 11.7 Å². The highest BCUT2D eigenvalue weighted by Gasteiger charge is 2.19. The van der Waals surface area contributed by atoms with E-state index in [1.165, 1.54) is 0 Å². The van der Waals surface area contributed by atoms with Crippen LogP contribution in [0.2, 0.25) is 0 Å². The third-order valence-corrected chi connectivity index (χ3v) is 3.68. The quantitative estimate of drug-likeness (QED) is 0.750. The number of carbonyl (C=O) groups excluding carboxylic acids is 1. The van der Waals surface area contributed by atoms with Crippen molar-refractivity contribution in [1.29, 1.82) is 0 Å². The van der Waals surface area contributed by atoms with E-state index in [2.05, 4.69) is 30.6 Å². The summed E-state index contributed by atoms with van der Waals surface area (Å²) in [7, 11) is 0. The van der Waals surface area contributed by atoms with Gasteiger partial charge in [-0.15, -0.1) is 15.3 Å². The summed E-state index contributed by atoms with van der Waals surface area (Å²) in [6.45, 7) is 9.54. The Hall–Kier alpha value is -2.84. The predicted molar refractivity (Wildman–Crippen MR) is 88.9 cm³/mol. The van der Waals surface area contributed by atoms with E-state index in [0.29, 0.717) is 23.4 Å². The van der Waals surface area contributed by atoms with Crippen molar-refractivity contribution in [2.45, 2.75) is 53.0 Å². The second kappa shape index (κ2) is 6.58. The molecule has 3 aromatic heterocycles. The summed E-state index contributed by atoms with van der Waals surface area (Å²) in [4.78, 5) is 20.9. The lowest BCUT2D eigenvalue weighted by Crippen LogP contribution is -2.28. The van der Waals surface area contributed by atoms with Gasteiger partial charge in [0.2, 0.25) is 17.7 Å². The van der Waals surface area contributed by atoms with E-state index >= 15 is 0 Å². The molecule has 0 aliphatic rings. The van der Waals surface area contributed by atoms with Crippen molar-refractivity contribution in [2.24, 2.45) is 0 Å². The molecule has 1 N–H and O–H groups in total. The zero-order valence-electron chi connectivity index (χ0n) is 14.9. The molecule has 1 amide bonds. The van der Waals surface area contributed by atoms with Crippen molar-refractivity contribution in [3.63, 3.8) is 0 Å². The first-order chi connectivity index (χ1) is 11.8. The van der Waals surface area contributed by atoms with E-state index < -0.39 is 0 Å². The van der Waals surface area contributed by atoms with Crippen molar-refractivity contribution in [2.75, 3.05) is 0 Å². The molecule has 9 nitrogen and oxygen atoms in total. The zero-order chi connectivity index (χ0) is 18.1. The van der Waals surface area contributed by atoms with Crippen molar-refractivity contribution in [1.82, 2.24) is 35.1 Å². The Morgan fingerprint density at radius 2 is 1.92 bits per heavy atom. The van der Waals surface area contributed by atoms with Gasteiger partial charge in [-0.3, -0.25) is 4.79 Å². The number of nitrogens with zero attached hydrogens (tertiary/aromatic N) is 6. The average molecular weight is 343 g/mol. The molecule has 0 saturated carbocycles. The molecule has 3 heterocycles. The number of amides is 1. The molecule has 3 rings (SSSR count). The summed E-state index contributed by atoms with van der Waals surface area (Å²) in [5.74, 6) is 1.77. The molecule has 3 aromatic rings. The second-order valence-electron chi connectivity index (χ2n) is 6.38. The number of hydrogen-bond donors (Lipinski definition) is 1. The molecule has 0 aromatic carbocycles. The molecule has 0 bridgehead atoms. The maximum Gasteiger partial charge on any atom is 0.252 e. The summed E-state index contributed by atoms with van der Waals surface area (Å²) in [6.07, 6.45) is 0.0529. The largest absolute Gasteiger partial charge is 0.423 e. The minimum absolute atomic E-state index is 0.0529. The van der Waals surface area contributed by atoms with Gasteiger partial charge in [0.1, 0.15) is 6.04 Å². The van der Waals surface area contributed by atoms with E-state index in [9.17, 15) is 4.79 Å². The summed E-state index contributed by atoms with van der Waals surface area (Å²) < 4.78 is 7.18. The van der Waals surface area contributed by atoms with Crippen molar-refractivity contribution in [3.8, 4) is 0 Å². The van der Waals surface area contributed by atoms with Gasteiger partial charge in [0, 0.05) is 17.3 Å². The lowest BCUT2D eigenvalue weighted by atomic mass is 10.2. The van der Waals surface area contributed by atoms with Gasteiger partial charge in [0.15, 0.2) is 5.82 Å². The Bertz CT molecular complexity index is 912. The summed E-state index contributed by atoms with van der Waals surface area (Å²) in [6, 6.07) is 1.53. The number of aromatic nitrogens is 6. The minimum Gasteiger partial charge on any atom is -0.423 e. The Balaban J connectivity index is 1.68. The van der Waals surface area contributed by atoms with Crippen LogP contribution in [0.25, 0.3) is 5.78 Å². The topological polar surface area (TPSA) is 111 Å². The molecule has 132 valence electrons. The maximum atomic E-state index is 12.3. The van der Waals surface area contributed by atoms with Crippen LogP contribution in [-0.2, 0) is 11.2 Å². The zero-order valence-corrected chi connectivity index (χ0v) is 14.9. The first kappa shape index (κ1) is 17.0. The van der Waals surface area contributed by atoms with Gasteiger partial charge < -0.3 is 9.73 Å². The highest BCUT2D eigenvalue weighted by atomic mass is 16.4. The van der Waals surface area contributed by atoms with Crippen molar-refractivity contribution < 1.29 is 9.21 Å². The molecule has 0 unspecified atom stereocenters. The van der Waals surface area contributed by atoms with Crippen LogP contribution in [0.1, 0.15) is 61.7 Å². The fourth-order valence-corrected chi connectivity index (χ4v) is 2.44. The first-order valence-corrected chi connectivity index (χ1v) is 8.16. The maximum absolute atomic E-state index is 12.3. The Kier molecular flexibility index (Phi) is 4.47. The van der Waals surface area contributed by atoms with Gasteiger partial charge in [-0.05, 0) is 26.8 Å². The molecule has 0 aliphatic heterocycles. The normalized spacial score (nSPS) is 12.7. The Labute approximate surface area is 144 Å². The number of fused-ring (bicyclic) bond motifs is 1. The minimum atomic E-state index is -0.383. The SMILES string of the molecule is Cc1cc(C)n2nc(CC(=O)N[C@@H](C)c3nnc(C(C)C)o3)nc2n1. The monoisotopic (exact) mass is 343 g/mol. The number of rotatable bonds is 5. The van der Waals surface area contributed by atoms with Gasteiger partial charge >= 0.3 is 0 Å². The molecule has 0 aliphatic carbocycles. The van der Waals surface area contributed by atoms with Crippen LogP contribution in [0.5, 0.6) is 0 Å². The Morgan fingerprint density at radius 1 is 1.20 bits per heavy atom. The molecule has 25 heavy (non-hydrogen) atoms. The van der Waals surface area contributed by atoms with Crippen LogP contribution in [0, 0.1) is 13.8 Å². The molecule has 0 spiro atoms. The molecule has 0 fully saturated rings. The van der Waals surface area contributed by atoms with E-state index in [0.717, 1.165) is 11.4 Å². The smallest absolute Gasteiger partial charge is 0.252 e. The van der Waals surface area contributed by atoms with E-state index in [1.807, 2.05) is 33.8 Å². The summed E-state index contributed by atoms with van der Waals surface area (Å²) in [5.41, 5.74) is 1.78. The Morgan fingerprint density at radius 3 is 2.60 bits per heavy atom. The van der Waals surface area contributed by atoms with Crippen LogP contribution in [-0.4, -0.2) is 35.7 Å². The summed E-state index contributed by atoms with van der Waals surface area (Å²) >= 11 is 0. The number of hydrogen-bond acceptors (Lipinski definition) is 7. The van der Waals surface area contributed by atoms with Gasteiger partial charge in [-0.2, -0.15) is 4.98 Å². The van der Waals surface area contributed by atoms with Crippen LogP contribution >= 0.6 is 0 Å². The van der Waals surface area contributed by atoms with Crippen molar-refractivity contribution in [3.05, 3.63) is 35.1 Å². The van der Waals surface area contributed by atoms with E-state index in [4.69, 9.17) is 4.42 Å². The van der Waals surface area contributed by atoms with Crippen LogP contribution < -0.4 is 5.32 Å². The van der Waals surface area contributed by atoms with Gasteiger partial charge in [-0.25, -0.2) is 9.50 Å². The van der Waals surface area contributed by atoms with Crippen LogP contribution in [0.15, 0.2) is 10.5 Å². The molecule has 9 heteroatoms. The number of nitrogens with one attached hydrogen (secondary N) is 1. The van der Waals surface area contributed by atoms with Crippen LogP contribution in [0.4, 0.5) is 0 Å². The molecule has 1 atom stereocenters. The predicted octanol–water partition coefficient (Wildman–Crippen LogP) is 1.67. The highest BCUT2D eigenvalue weighted by molar-refractivity contribution is 5.78. The van der Waals surface area contributed by atoms with E-state index in [-0.39, 0.29) is 24.3 Å². The summed E-state index contributed by atoms with van der Waals surface area (Å²) in [5, 5.41) is 15.1. The molecular formula is C16H21N7O2. The fraction of sp³-hybridized carbons (Fsp3) is 0.500. The highest BCUT2D eigenvalue weighted by Crippen LogP contribution is 2.16. The third kappa shape index (κ3) is 3.65. The van der Waals surface area contributed by atoms with E-state index in [1.54, 1.807) is 11.4 Å². The number of carbonyl (C=O) groups is 1. The molecule has 0 saturated heterocycles. The standard InChI is InChI=1S/C16H21N7O2/c1-8(2)14-20-21-15(25-14)11(5)18-13(24)7-12-19-16-17-9(3)6-10(4)23(16)22-12/h6,8,11H,7H2,1-5H3,(H,18,24)/t11-/m0/s1. The van der Waals surface area contributed by atoms with Crippen LogP contribution in [0.3, 0.4) is 0 Å². The average Bonchev–Trinajstić information content (AvgIpc) is 3.13. The molecule has 0 radical (unpaired) electrons. The first-order valence-electron chi connectivity index (χ1n) is 8.16. The van der Waals surface area contributed by atoms with Gasteiger partial charge in [0.25, 0.3) is 5.78 Å². The second-order valence-corrected chi connectivity index (χ2v) is 6.38. The molecular weight excluding hydrogens is 322 g/mol.